The summed E-state index contributed by atoms with van der Waals surface area (Å²) in [5.41, 5.74) is 0.687. The molecule has 0 aliphatic rings. The number of aliphatic carboxylic acids is 1. The third kappa shape index (κ3) is 5.34. The normalized spacial score (nSPS) is 11.1. The van der Waals surface area contributed by atoms with Crippen molar-refractivity contribution in [2.75, 3.05) is 7.11 Å². The van der Waals surface area contributed by atoms with Gasteiger partial charge in [0.15, 0.2) is 23.3 Å². The van der Waals surface area contributed by atoms with Crippen LogP contribution in [0.1, 0.15) is 23.4 Å². The van der Waals surface area contributed by atoms with Crippen molar-refractivity contribution in [2.45, 2.75) is 26.1 Å². The summed E-state index contributed by atoms with van der Waals surface area (Å²) in [6.07, 6.45) is -0.308. The highest BCUT2D eigenvalue weighted by Crippen LogP contribution is 2.30. The zero-order chi connectivity index (χ0) is 27.6. The summed E-state index contributed by atoms with van der Waals surface area (Å²) in [5.74, 6) is -10.2. The minimum absolute atomic E-state index is 0.0129. The lowest BCUT2D eigenvalue weighted by Gasteiger charge is -2.15. The predicted molar refractivity (Wildman–Crippen MR) is 125 cm³/mol. The van der Waals surface area contributed by atoms with Gasteiger partial charge in [0.1, 0.15) is 36.3 Å². The van der Waals surface area contributed by atoms with E-state index in [1.165, 1.54) is 18.2 Å². The number of carboxylic acids is 1. The molecule has 200 valence electrons. The average Bonchev–Trinajstić information content (AvgIpc) is 3.23. The second-order valence-electron chi connectivity index (χ2n) is 8.23. The maximum atomic E-state index is 14.1. The fourth-order valence-corrected chi connectivity index (χ4v) is 3.76. The van der Waals surface area contributed by atoms with E-state index >= 15 is 0 Å². The molecule has 0 aliphatic heterocycles. The lowest BCUT2D eigenvalue weighted by molar-refractivity contribution is -0.136. The summed E-state index contributed by atoms with van der Waals surface area (Å²) < 4.78 is 87.0. The van der Waals surface area contributed by atoms with E-state index < -0.39 is 47.2 Å². The second kappa shape index (κ2) is 11.0. The van der Waals surface area contributed by atoms with Crippen molar-refractivity contribution in [1.29, 1.82) is 0 Å². The van der Waals surface area contributed by atoms with Crippen LogP contribution in [0.4, 0.5) is 22.0 Å². The summed E-state index contributed by atoms with van der Waals surface area (Å²) in [4.78, 5) is 15.5. The Bertz CT molecular complexity index is 1490. The highest BCUT2D eigenvalue weighted by Gasteiger charge is 2.26. The molecule has 4 rings (SSSR count). The molecule has 0 unspecified atom stereocenters. The van der Waals surface area contributed by atoms with Crippen molar-refractivity contribution in [3.63, 3.8) is 0 Å². The van der Waals surface area contributed by atoms with Crippen LogP contribution in [-0.2, 0) is 31.5 Å². The number of carboxylic acid groups (broad SMARTS) is 1. The fourth-order valence-electron chi connectivity index (χ4n) is 3.76. The summed E-state index contributed by atoms with van der Waals surface area (Å²) >= 11 is 0. The molecule has 0 spiro atoms. The average molecular weight is 536 g/mol. The molecule has 0 aliphatic carbocycles. The molecule has 4 aromatic rings. The van der Waals surface area contributed by atoms with Gasteiger partial charge in [-0.15, -0.1) is 0 Å². The van der Waals surface area contributed by atoms with Gasteiger partial charge in [-0.05, 0) is 30.2 Å². The first kappa shape index (κ1) is 26.7. The Labute approximate surface area is 213 Å². The summed E-state index contributed by atoms with van der Waals surface area (Å²) in [5, 5.41) is 9.02. The maximum Gasteiger partial charge on any atom is 0.303 e. The van der Waals surface area contributed by atoms with Gasteiger partial charge in [-0.1, -0.05) is 6.07 Å². The zero-order valence-corrected chi connectivity index (χ0v) is 20.2. The quantitative estimate of drug-likeness (QED) is 0.165. The van der Waals surface area contributed by atoms with Gasteiger partial charge in [0.05, 0.1) is 23.7 Å². The van der Waals surface area contributed by atoms with Gasteiger partial charge < -0.3 is 23.9 Å². The van der Waals surface area contributed by atoms with Gasteiger partial charge in [0, 0.05) is 25.6 Å². The number of benzene rings is 3. The molecule has 1 aromatic heterocycles. The van der Waals surface area contributed by atoms with E-state index in [0.29, 0.717) is 22.7 Å². The predicted octanol–water partition coefficient (Wildman–Crippen LogP) is 5.45. The number of hydrogen-bond donors (Lipinski definition) is 1. The van der Waals surface area contributed by atoms with E-state index in [9.17, 15) is 26.7 Å². The minimum Gasteiger partial charge on any atom is -0.497 e. The number of aromatic nitrogens is 2. The largest absolute Gasteiger partial charge is 0.497 e. The van der Waals surface area contributed by atoms with Crippen LogP contribution < -0.4 is 14.2 Å². The number of methoxy groups -OCH3 is 1. The molecule has 12 heteroatoms. The van der Waals surface area contributed by atoms with Crippen LogP contribution in [0.15, 0.2) is 36.4 Å². The van der Waals surface area contributed by atoms with E-state index in [2.05, 4.69) is 4.98 Å². The number of nitrogens with zero attached hydrogens (tertiary/aromatic N) is 2. The molecular formula is C26H21F5N2O5. The number of fused-ring (bicyclic) bond motifs is 1. The van der Waals surface area contributed by atoms with Gasteiger partial charge in [0.2, 0.25) is 5.82 Å². The van der Waals surface area contributed by atoms with Crippen LogP contribution in [0.2, 0.25) is 0 Å². The van der Waals surface area contributed by atoms with Crippen molar-refractivity contribution in [3.8, 4) is 17.2 Å². The van der Waals surface area contributed by atoms with E-state index in [-0.39, 0.29) is 30.9 Å². The van der Waals surface area contributed by atoms with Crippen LogP contribution in [-0.4, -0.2) is 27.7 Å². The Kier molecular flexibility index (Phi) is 7.70. The number of halogens is 5. The Morgan fingerprint density at radius 2 is 1.55 bits per heavy atom. The number of imidazole rings is 1. The molecule has 1 heterocycles. The highest BCUT2D eigenvalue weighted by molar-refractivity contribution is 5.77. The molecule has 0 atom stereocenters. The Hall–Kier alpha value is -4.35. The molecule has 0 bridgehead atoms. The Balaban J connectivity index is 1.58. The number of hydrogen-bond acceptors (Lipinski definition) is 5. The number of aryl methyl sites for hydroxylation is 2. The smallest absolute Gasteiger partial charge is 0.303 e. The number of carbonyl (C=O) groups is 1. The first-order valence-electron chi connectivity index (χ1n) is 11.2. The van der Waals surface area contributed by atoms with Crippen LogP contribution >= 0.6 is 0 Å². The number of ether oxygens (including phenoxy) is 3. The third-order valence-corrected chi connectivity index (χ3v) is 5.87. The standard InChI is InChI=1S/C26H21F5N2O5/c1-33-18-9-14(36-2)6-7-17(18)32-20(33)12-37-15-5-3-13(4-8-21(34)35)19(10-15)38-11-16-22(27)24(29)26(31)25(30)23(16)28/h3,5-7,9-10H,4,8,11-12H2,1-2H3,(H,34,35). The topological polar surface area (TPSA) is 82.8 Å². The molecule has 3 aromatic carbocycles. The van der Waals surface area contributed by atoms with Gasteiger partial charge >= 0.3 is 5.97 Å². The molecule has 0 radical (unpaired) electrons. The summed E-state index contributed by atoms with van der Waals surface area (Å²) in [6.45, 7) is -0.985. The van der Waals surface area contributed by atoms with Gasteiger partial charge in [-0.3, -0.25) is 4.79 Å². The van der Waals surface area contributed by atoms with Crippen molar-refractivity contribution in [3.05, 3.63) is 82.4 Å². The van der Waals surface area contributed by atoms with E-state index in [1.807, 2.05) is 6.07 Å². The highest BCUT2D eigenvalue weighted by atomic mass is 19.2. The van der Waals surface area contributed by atoms with E-state index in [0.717, 1.165) is 5.52 Å². The van der Waals surface area contributed by atoms with Crippen molar-refractivity contribution < 1.29 is 46.1 Å². The van der Waals surface area contributed by atoms with E-state index in [1.54, 1.807) is 30.9 Å². The van der Waals surface area contributed by atoms with Gasteiger partial charge in [-0.25, -0.2) is 26.9 Å². The Morgan fingerprint density at radius 3 is 2.21 bits per heavy atom. The maximum absolute atomic E-state index is 14.1. The molecule has 0 saturated heterocycles. The first-order valence-corrected chi connectivity index (χ1v) is 11.2. The van der Waals surface area contributed by atoms with Crippen LogP contribution in [0, 0.1) is 29.1 Å². The van der Waals surface area contributed by atoms with Crippen molar-refractivity contribution >= 4 is 17.0 Å². The minimum atomic E-state index is -2.28. The van der Waals surface area contributed by atoms with Crippen LogP contribution in [0.3, 0.4) is 0 Å². The fraction of sp³-hybridized carbons (Fsp3) is 0.231. The summed E-state index contributed by atoms with van der Waals surface area (Å²) in [7, 11) is 3.34. The van der Waals surface area contributed by atoms with E-state index in [4.69, 9.17) is 19.3 Å². The first-order chi connectivity index (χ1) is 18.1. The molecule has 1 N–H and O–H groups in total. The van der Waals surface area contributed by atoms with Gasteiger partial charge in [0.25, 0.3) is 0 Å². The second-order valence-corrected chi connectivity index (χ2v) is 8.23. The SMILES string of the molecule is COc1ccc2nc(COc3ccc(CCC(=O)O)c(OCc4c(F)c(F)c(F)c(F)c4F)c3)n(C)c2c1. The molecule has 0 fully saturated rings. The Morgan fingerprint density at radius 1 is 0.895 bits per heavy atom. The molecule has 0 amide bonds. The third-order valence-electron chi connectivity index (χ3n) is 5.87. The molecule has 7 nitrogen and oxygen atoms in total. The zero-order valence-electron chi connectivity index (χ0n) is 20.2. The van der Waals surface area contributed by atoms with Crippen molar-refractivity contribution in [2.24, 2.45) is 7.05 Å². The molecule has 0 saturated carbocycles. The summed E-state index contributed by atoms with van der Waals surface area (Å²) in [6, 6.07) is 9.74. The van der Waals surface area contributed by atoms with Crippen molar-refractivity contribution in [1.82, 2.24) is 9.55 Å². The lowest BCUT2D eigenvalue weighted by Crippen LogP contribution is -2.11. The van der Waals surface area contributed by atoms with Crippen LogP contribution in [0.25, 0.3) is 11.0 Å². The monoisotopic (exact) mass is 536 g/mol. The number of rotatable bonds is 10. The molecular weight excluding hydrogens is 515 g/mol. The van der Waals surface area contributed by atoms with Gasteiger partial charge in [-0.2, -0.15) is 0 Å². The molecule has 38 heavy (non-hydrogen) atoms. The van der Waals surface area contributed by atoms with Crippen LogP contribution in [0.5, 0.6) is 17.2 Å². The lowest BCUT2D eigenvalue weighted by atomic mass is 10.1.